The molecule has 0 bridgehead atoms. The zero-order chi connectivity index (χ0) is 28.1. The van der Waals surface area contributed by atoms with Crippen molar-refractivity contribution in [3.63, 3.8) is 0 Å². The summed E-state index contributed by atoms with van der Waals surface area (Å²) in [7, 11) is 0. The highest BCUT2D eigenvalue weighted by Gasteiger charge is 2.37. The molecule has 0 saturated carbocycles. The van der Waals surface area contributed by atoms with Crippen molar-refractivity contribution in [2.24, 2.45) is 0 Å². The molecule has 1 N–H and O–H groups in total. The van der Waals surface area contributed by atoms with E-state index in [-0.39, 0.29) is 5.57 Å². The number of anilines is 1. The molecule has 4 amide bonds. The molecule has 1 heterocycles. The van der Waals surface area contributed by atoms with Crippen molar-refractivity contribution in [3.8, 4) is 11.5 Å². The number of nitrogens with one attached hydrogen (secondary N) is 1. The Kier molecular flexibility index (Phi) is 8.42. The Bertz CT molecular complexity index is 1580. The minimum absolute atomic E-state index is 0.185. The largest absolute Gasteiger partial charge is 0.489 e. The molecule has 0 spiro atoms. The number of carbonyl (C=O) groups excluding carboxylic acids is 3. The second-order valence-corrected chi connectivity index (χ2v) is 10.7. The van der Waals surface area contributed by atoms with E-state index in [0.29, 0.717) is 36.0 Å². The maximum atomic E-state index is 13.4. The number of barbiturate groups is 1. The van der Waals surface area contributed by atoms with Crippen LogP contribution in [0.5, 0.6) is 11.5 Å². The number of hydrogen-bond donors (Lipinski definition) is 1. The first kappa shape index (κ1) is 27.4. The van der Waals surface area contributed by atoms with Gasteiger partial charge in [-0.25, -0.2) is 9.69 Å². The van der Waals surface area contributed by atoms with Crippen molar-refractivity contribution < 1.29 is 23.9 Å². The summed E-state index contributed by atoms with van der Waals surface area (Å²) in [6.07, 6.45) is 1.43. The molecule has 0 atom stereocenters. The van der Waals surface area contributed by atoms with E-state index in [1.54, 1.807) is 48.5 Å². The minimum Gasteiger partial charge on any atom is -0.489 e. The van der Waals surface area contributed by atoms with Crippen LogP contribution in [0.15, 0.2) is 112 Å². The molecular formula is C31H22Br2N2O5. The maximum absolute atomic E-state index is 13.4. The predicted molar refractivity (Wildman–Crippen MR) is 159 cm³/mol. The molecule has 0 aromatic heterocycles. The number of hydrogen-bond acceptors (Lipinski definition) is 5. The van der Waals surface area contributed by atoms with Gasteiger partial charge in [0.1, 0.15) is 30.3 Å². The summed E-state index contributed by atoms with van der Waals surface area (Å²) in [6.45, 7) is 0.662. The van der Waals surface area contributed by atoms with Gasteiger partial charge in [0.2, 0.25) is 0 Å². The maximum Gasteiger partial charge on any atom is 0.335 e. The van der Waals surface area contributed by atoms with Crippen LogP contribution in [0.25, 0.3) is 6.08 Å². The average Bonchev–Trinajstić information content (AvgIpc) is 2.96. The van der Waals surface area contributed by atoms with E-state index < -0.39 is 17.8 Å². The van der Waals surface area contributed by atoms with Crippen LogP contribution in [-0.2, 0) is 22.8 Å². The molecule has 0 aliphatic carbocycles. The van der Waals surface area contributed by atoms with Crippen molar-refractivity contribution in [2.45, 2.75) is 13.2 Å². The van der Waals surface area contributed by atoms with Gasteiger partial charge in [0.25, 0.3) is 11.8 Å². The van der Waals surface area contributed by atoms with Crippen LogP contribution in [0.3, 0.4) is 0 Å². The number of benzene rings is 4. The van der Waals surface area contributed by atoms with E-state index in [9.17, 15) is 14.4 Å². The lowest BCUT2D eigenvalue weighted by Gasteiger charge is -2.26. The smallest absolute Gasteiger partial charge is 0.335 e. The number of amides is 4. The van der Waals surface area contributed by atoms with Gasteiger partial charge in [0.05, 0.1) is 5.69 Å². The Morgan fingerprint density at radius 1 is 0.700 bits per heavy atom. The second kappa shape index (κ2) is 12.3. The first-order valence-corrected chi connectivity index (χ1v) is 13.8. The number of rotatable bonds is 8. The molecular weight excluding hydrogens is 640 g/mol. The lowest BCUT2D eigenvalue weighted by molar-refractivity contribution is -0.122. The molecule has 5 rings (SSSR count). The third-order valence-electron chi connectivity index (χ3n) is 6.04. The van der Waals surface area contributed by atoms with Gasteiger partial charge in [-0.1, -0.05) is 74.3 Å². The number of halogens is 2. The molecule has 1 aliphatic rings. The van der Waals surface area contributed by atoms with Crippen LogP contribution in [0, 0.1) is 0 Å². The molecule has 9 heteroatoms. The van der Waals surface area contributed by atoms with Gasteiger partial charge in [-0.2, -0.15) is 0 Å². The van der Waals surface area contributed by atoms with E-state index in [0.717, 1.165) is 25.0 Å². The van der Waals surface area contributed by atoms with Gasteiger partial charge in [0.15, 0.2) is 0 Å². The Morgan fingerprint density at radius 3 is 1.90 bits per heavy atom. The van der Waals surface area contributed by atoms with Gasteiger partial charge in [-0.3, -0.25) is 14.9 Å². The molecule has 1 saturated heterocycles. The lowest BCUT2D eigenvalue weighted by Crippen LogP contribution is -2.54. The van der Waals surface area contributed by atoms with E-state index in [1.165, 1.54) is 6.08 Å². The monoisotopic (exact) mass is 660 g/mol. The van der Waals surface area contributed by atoms with E-state index >= 15 is 0 Å². The van der Waals surface area contributed by atoms with Crippen LogP contribution in [0.2, 0.25) is 0 Å². The van der Waals surface area contributed by atoms with E-state index in [1.807, 2.05) is 48.5 Å². The van der Waals surface area contributed by atoms with Crippen molar-refractivity contribution in [2.75, 3.05) is 4.90 Å². The van der Waals surface area contributed by atoms with Gasteiger partial charge >= 0.3 is 6.03 Å². The summed E-state index contributed by atoms with van der Waals surface area (Å²) in [4.78, 5) is 39.7. The SMILES string of the molecule is O=C1NC(=O)N(c2ccc(OCc3ccc(Br)cc3)cc2)C(=O)/C1=C/c1ccccc1OCc1ccc(Br)cc1. The van der Waals surface area contributed by atoms with Crippen LogP contribution in [0.1, 0.15) is 16.7 Å². The van der Waals surface area contributed by atoms with Crippen LogP contribution >= 0.6 is 31.9 Å². The highest BCUT2D eigenvalue weighted by molar-refractivity contribution is 9.10. The first-order chi connectivity index (χ1) is 19.4. The van der Waals surface area contributed by atoms with Gasteiger partial charge in [0, 0.05) is 14.5 Å². The number of urea groups is 1. The quantitative estimate of drug-likeness (QED) is 0.162. The van der Waals surface area contributed by atoms with Crippen molar-refractivity contribution in [1.29, 1.82) is 0 Å². The normalized spacial score (nSPS) is 14.3. The summed E-state index contributed by atoms with van der Waals surface area (Å²) in [5, 5.41) is 2.26. The molecule has 0 unspecified atom stereocenters. The van der Waals surface area contributed by atoms with Gasteiger partial charge in [-0.05, 0) is 71.8 Å². The first-order valence-electron chi connectivity index (χ1n) is 12.2. The summed E-state index contributed by atoms with van der Waals surface area (Å²) in [6, 6.07) is 28.2. The number of para-hydroxylation sites is 1. The standard InChI is InChI=1S/C31H22Br2N2O5/c32-23-9-5-20(6-10-23)18-39-26-15-13-25(14-16-26)35-30(37)27(29(36)34-31(35)38)17-22-3-1-2-4-28(22)40-19-21-7-11-24(33)12-8-21/h1-17H,18-19H2,(H,34,36,38)/b27-17+. The number of nitrogens with zero attached hydrogens (tertiary/aromatic N) is 1. The molecule has 1 aliphatic heterocycles. The molecule has 4 aromatic carbocycles. The fraction of sp³-hybridized carbons (Fsp3) is 0.0645. The second-order valence-electron chi connectivity index (χ2n) is 8.82. The summed E-state index contributed by atoms with van der Waals surface area (Å²) in [5.74, 6) is -0.446. The highest BCUT2D eigenvalue weighted by Crippen LogP contribution is 2.27. The fourth-order valence-corrected chi connectivity index (χ4v) is 4.49. The average molecular weight is 662 g/mol. The lowest BCUT2D eigenvalue weighted by atomic mass is 10.1. The third-order valence-corrected chi connectivity index (χ3v) is 7.10. The Labute approximate surface area is 247 Å². The van der Waals surface area contributed by atoms with Crippen LogP contribution < -0.4 is 19.7 Å². The molecule has 4 aromatic rings. The number of carbonyl (C=O) groups is 3. The highest BCUT2D eigenvalue weighted by atomic mass is 79.9. The predicted octanol–water partition coefficient (Wildman–Crippen LogP) is 7.04. The Balaban J connectivity index is 1.32. The minimum atomic E-state index is -0.824. The van der Waals surface area contributed by atoms with Crippen LogP contribution in [0.4, 0.5) is 10.5 Å². The zero-order valence-corrected chi connectivity index (χ0v) is 24.1. The number of ether oxygens (including phenoxy) is 2. The molecule has 40 heavy (non-hydrogen) atoms. The van der Waals surface area contributed by atoms with Crippen LogP contribution in [-0.4, -0.2) is 17.8 Å². The zero-order valence-electron chi connectivity index (χ0n) is 21.0. The van der Waals surface area contributed by atoms with E-state index in [2.05, 4.69) is 37.2 Å². The summed E-state index contributed by atoms with van der Waals surface area (Å²) < 4.78 is 13.7. The fourth-order valence-electron chi connectivity index (χ4n) is 3.96. The van der Waals surface area contributed by atoms with Gasteiger partial charge < -0.3 is 9.47 Å². The topological polar surface area (TPSA) is 84.9 Å². The number of imide groups is 2. The molecule has 1 fully saturated rings. The molecule has 200 valence electrons. The summed E-state index contributed by atoms with van der Waals surface area (Å²) >= 11 is 6.82. The van der Waals surface area contributed by atoms with Crippen molar-refractivity contribution in [3.05, 3.63) is 128 Å². The van der Waals surface area contributed by atoms with Crippen molar-refractivity contribution >= 4 is 61.5 Å². The Morgan fingerprint density at radius 2 is 1.27 bits per heavy atom. The molecule has 7 nitrogen and oxygen atoms in total. The van der Waals surface area contributed by atoms with Crippen molar-refractivity contribution in [1.82, 2.24) is 5.32 Å². The Hall–Kier alpha value is -4.21. The van der Waals surface area contributed by atoms with Gasteiger partial charge in [-0.15, -0.1) is 0 Å². The van der Waals surface area contributed by atoms with E-state index in [4.69, 9.17) is 9.47 Å². The third kappa shape index (κ3) is 6.50. The molecule has 0 radical (unpaired) electrons. The summed E-state index contributed by atoms with van der Waals surface area (Å²) in [5.41, 5.74) is 2.60.